The van der Waals surface area contributed by atoms with E-state index in [1.807, 2.05) is 0 Å². The molecule has 158 valence electrons. The van der Waals surface area contributed by atoms with Gasteiger partial charge in [0.1, 0.15) is 6.10 Å². The summed E-state index contributed by atoms with van der Waals surface area (Å²) in [7, 11) is 0. The van der Waals surface area contributed by atoms with E-state index in [-0.39, 0.29) is 59.6 Å². The lowest BCUT2D eigenvalue weighted by Crippen LogP contribution is -2.35. The minimum atomic E-state index is -0.616. The molecule has 1 amide bonds. The molecule has 2 aromatic rings. The second kappa shape index (κ2) is 7.65. The molecule has 3 aliphatic rings. The summed E-state index contributed by atoms with van der Waals surface area (Å²) in [5.41, 5.74) is 1.29. The number of ether oxygens (including phenoxy) is 2. The van der Waals surface area contributed by atoms with Crippen LogP contribution in [-0.2, 0) is 19.1 Å². The van der Waals surface area contributed by atoms with E-state index in [2.05, 4.69) is 5.32 Å². The van der Waals surface area contributed by atoms with Crippen LogP contribution in [0.2, 0.25) is 0 Å². The predicted molar refractivity (Wildman–Crippen MR) is 109 cm³/mol. The maximum absolute atomic E-state index is 12.8. The number of rotatable bonds is 6. The van der Waals surface area contributed by atoms with Crippen LogP contribution in [0.15, 0.2) is 54.6 Å². The van der Waals surface area contributed by atoms with Gasteiger partial charge in [0.15, 0.2) is 12.4 Å². The topological polar surface area (TPSA) is 98.8 Å². The van der Waals surface area contributed by atoms with Crippen molar-refractivity contribution < 1.29 is 28.7 Å². The van der Waals surface area contributed by atoms with E-state index in [0.717, 1.165) is 12.8 Å². The van der Waals surface area contributed by atoms with Gasteiger partial charge in [-0.25, -0.2) is 4.79 Å². The van der Waals surface area contributed by atoms with E-state index in [1.165, 1.54) is 12.1 Å². The fraction of sp³-hybridized carbons (Fsp3) is 0.333. The zero-order valence-corrected chi connectivity index (χ0v) is 16.7. The average molecular weight is 419 g/mol. The molecular weight excluding hydrogens is 398 g/mol. The molecule has 1 N–H and O–H groups in total. The van der Waals surface area contributed by atoms with E-state index < -0.39 is 5.97 Å². The normalized spacial score (nSPS) is 27.6. The molecule has 0 unspecified atom stereocenters. The van der Waals surface area contributed by atoms with Gasteiger partial charge in [0.2, 0.25) is 5.91 Å². The molecule has 31 heavy (non-hydrogen) atoms. The predicted octanol–water partition coefficient (Wildman–Crippen LogP) is 2.86. The first kappa shape index (κ1) is 19.5. The Bertz CT molecular complexity index is 1050. The van der Waals surface area contributed by atoms with Crippen molar-refractivity contribution in [1.29, 1.82) is 0 Å². The molecule has 5 rings (SSSR count). The first-order valence-corrected chi connectivity index (χ1v) is 10.4. The molecule has 2 aliphatic carbocycles. The molecule has 2 aromatic carbocycles. The molecule has 2 saturated carbocycles. The summed E-state index contributed by atoms with van der Waals surface area (Å²) >= 11 is 0. The van der Waals surface area contributed by atoms with E-state index in [4.69, 9.17) is 9.47 Å². The lowest BCUT2D eigenvalue weighted by atomic mass is 9.79. The molecule has 2 bridgehead atoms. The zero-order valence-electron chi connectivity index (χ0n) is 16.7. The Hall–Kier alpha value is -3.48. The van der Waals surface area contributed by atoms with E-state index in [9.17, 15) is 19.2 Å². The van der Waals surface area contributed by atoms with Crippen LogP contribution in [0.3, 0.4) is 0 Å². The monoisotopic (exact) mass is 419 g/mol. The summed E-state index contributed by atoms with van der Waals surface area (Å²) in [5.74, 6) is -1.67. The van der Waals surface area contributed by atoms with E-state index in [1.54, 1.807) is 42.5 Å². The number of anilines is 1. The summed E-state index contributed by atoms with van der Waals surface area (Å²) in [6, 6.07) is 14.9. The van der Waals surface area contributed by atoms with E-state index >= 15 is 0 Å². The van der Waals surface area contributed by atoms with Crippen LogP contribution in [-0.4, -0.2) is 36.3 Å². The molecule has 0 aromatic heterocycles. The Morgan fingerprint density at radius 1 is 0.968 bits per heavy atom. The molecular formula is C24H21NO6. The maximum atomic E-state index is 12.8. The number of nitrogens with one attached hydrogen (secondary N) is 1. The highest BCUT2D eigenvalue weighted by atomic mass is 16.6. The Kier molecular flexibility index (Phi) is 4.81. The third-order valence-corrected chi connectivity index (χ3v) is 6.60. The van der Waals surface area contributed by atoms with Gasteiger partial charge < -0.3 is 14.8 Å². The lowest BCUT2D eigenvalue weighted by molar-refractivity contribution is -0.145. The molecule has 1 aliphatic heterocycles. The number of esters is 2. The minimum Gasteiger partial charge on any atom is -0.462 e. The van der Waals surface area contributed by atoms with E-state index in [0.29, 0.717) is 11.3 Å². The molecule has 0 radical (unpaired) electrons. The van der Waals surface area contributed by atoms with Crippen molar-refractivity contribution in [1.82, 2.24) is 0 Å². The molecule has 1 saturated heterocycles. The molecule has 5 atom stereocenters. The fourth-order valence-electron chi connectivity index (χ4n) is 5.20. The average Bonchev–Trinajstić information content (AvgIpc) is 3.41. The van der Waals surface area contributed by atoms with Gasteiger partial charge >= 0.3 is 11.9 Å². The Morgan fingerprint density at radius 3 is 2.45 bits per heavy atom. The smallest absolute Gasteiger partial charge is 0.338 e. The summed E-state index contributed by atoms with van der Waals surface area (Å²) in [5, 5.41) is 2.86. The van der Waals surface area contributed by atoms with Crippen molar-refractivity contribution in [3.8, 4) is 0 Å². The van der Waals surface area contributed by atoms with Crippen LogP contribution >= 0.6 is 0 Å². The first-order chi connectivity index (χ1) is 15.0. The third-order valence-electron chi connectivity index (χ3n) is 6.60. The molecule has 0 spiro atoms. The number of hydrogen-bond donors (Lipinski definition) is 1. The van der Waals surface area contributed by atoms with Crippen molar-refractivity contribution in [3.63, 3.8) is 0 Å². The van der Waals surface area contributed by atoms with Gasteiger partial charge in [-0.15, -0.1) is 0 Å². The van der Waals surface area contributed by atoms with Crippen molar-refractivity contribution >= 4 is 29.3 Å². The highest BCUT2D eigenvalue weighted by molar-refractivity contribution is 6.00. The van der Waals surface area contributed by atoms with Gasteiger partial charge in [0.25, 0.3) is 0 Å². The summed E-state index contributed by atoms with van der Waals surface area (Å²) in [6.45, 7) is -0.343. The fourth-order valence-corrected chi connectivity index (χ4v) is 5.20. The van der Waals surface area contributed by atoms with Crippen LogP contribution in [0, 0.1) is 23.7 Å². The Morgan fingerprint density at radius 2 is 1.71 bits per heavy atom. The van der Waals surface area contributed by atoms with Crippen LogP contribution in [0.4, 0.5) is 5.69 Å². The van der Waals surface area contributed by atoms with Crippen LogP contribution in [0.5, 0.6) is 0 Å². The number of Topliss-reactive ketones (excluding diaryl/α,β-unsaturated/α-hetero) is 1. The SMILES string of the molecule is O=C(COC(=O)c1ccc(NC(=O)[C@H]2[C@@H]3C[C@H]4[C@@H]2C(=O)O[C@@H]4C3)cc1)c1ccccc1. The van der Waals surface area contributed by atoms with Gasteiger partial charge in [-0.1, -0.05) is 30.3 Å². The molecule has 1 heterocycles. The van der Waals surface area contributed by atoms with Crippen LogP contribution < -0.4 is 5.32 Å². The number of amides is 1. The van der Waals surface area contributed by atoms with Gasteiger partial charge in [-0.05, 0) is 43.0 Å². The summed E-state index contributed by atoms with van der Waals surface area (Å²) in [4.78, 5) is 49.2. The van der Waals surface area contributed by atoms with Gasteiger partial charge in [0, 0.05) is 17.2 Å². The highest BCUT2D eigenvalue weighted by Gasteiger charge is 2.63. The molecule has 7 nitrogen and oxygen atoms in total. The summed E-state index contributed by atoms with van der Waals surface area (Å²) in [6.07, 6.45) is 1.62. The number of hydrogen-bond acceptors (Lipinski definition) is 6. The molecule has 7 heteroatoms. The van der Waals surface area contributed by atoms with Crippen molar-refractivity contribution in [2.45, 2.75) is 18.9 Å². The lowest BCUT2D eigenvalue weighted by Gasteiger charge is -2.23. The largest absolute Gasteiger partial charge is 0.462 e. The standard InChI is InChI=1S/C24H21NO6/c26-18(13-4-2-1-3-5-13)12-30-23(28)14-6-8-16(9-7-14)25-22(27)20-15-10-17-19(11-15)31-24(29)21(17)20/h1-9,15,17,19-21H,10-12H2,(H,25,27)/t15-,17-,19-,20+,21+/m1/s1. The van der Waals surface area contributed by atoms with Crippen molar-refractivity contribution in [3.05, 3.63) is 65.7 Å². The number of carbonyl (C=O) groups excluding carboxylic acids is 4. The molecule has 3 fully saturated rings. The highest BCUT2D eigenvalue weighted by Crippen LogP contribution is 2.57. The number of benzene rings is 2. The van der Waals surface area contributed by atoms with Crippen molar-refractivity contribution in [2.75, 3.05) is 11.9 Å². The number of carbonyl (C=O) groups is 4. The number of ketones is 1. The summed E-state index contributed by atoms with van der Waals surface area (Å²) < 4.78 is 10.5. The first-order valence-electron chi connectivity index (χ1n) is 10.4. The van der Waals surface area contributed by atoms with Gasteiger partial charge in [-0.3, -0.25) is 14.4 Å². The van der Waals surface area contributed by atoms with Gasteiger partial charge in [0.05, 0.1) is 17.4 Å². The Balaban J connectivity index is 1.18. The zero-order chi connectivity index (χ0) is 21.5. The third kappa shape index (κ3) is 3.50. The quantitative estimate of drug-likeness (QED) is 0.571. The van der Waals surface area contributed by atoms with Gasteiger partial charge in [-0.2, -0.15) is 0 Å². The Labute approximate surface area is 178 Å². The second-order valence-corrected chi connectivity index (χ2v) is 8.35. The second-order valence-electron chi connectivity index (χ2n) is 8.35. The number of fused-ring (bicyclic) bond motifs is 1. The minimum absolute atomic E-state index is 0.00869. The maximum Gasteiger partial charge on any atom is 0.338 e. The van der Waals surface area contributed by atoms with Crippen LogP contribution in [0.1, 0.15) is 33.6 Å². The van der Waals surface area contributed by atoms with Crippen LogP contribution in [0.25, 0.3) is 0 Å². The van der Waals surface area contributed by atoms with Crippen molar-refractivity contribution in [2.24, 2.45) is 23.7 Å².